The lowest BCUT2D eigenvalue weighted by Gasteiger charge is -2.12. The van der Waals surface area contributed by atoms with Crippen molar-refractivity contribution in [3.05, 3.63) is 90.8 Å². The normalized spacial score (nSPS) is 10.5. The van der Waals surface area contributed by atoms with Crippen LogP contribution in [0, 0.1) is 0 Å². The highest BCUT2D eigenvalue weighted by Crippen LogP contribution is 2.29. The highest BCUT2D eigenvalue weighted by molar-refractivity contribution is 5.94. The highest BCUT2D eigenvalue weighted by Gasteiger charge is 2.08. The zero-order valence-electron chi connectivity index (χ0n) is 15.6. The summed E-state index contributed by atoms with van der Waals surface area (Å²) in [5.74, 6) is 0.631. The van der Waals surface area contributed by atoms with Gasteiger partial charge in [0, 0.05) is 11.1 Å². The molecule has 4 rings (SSSR count). The lowest BCUT2D eigenvalue weighted by atomic mass is 10.1. The number of carbonyl (C=O) groups excluding carboxylic acids is 1. The number of nitrogens with one attached hydrogen (secondary N) is 1. The van der Waals surface area contributed by atoms with Crippen molar-refractivity contribution in [2.75, 3.05) is 13.2 Å². The molecule has 7 heteroatoms. The SMILES string of the molecule is O=C(NCCOc1ccccc1-c1ccccc1)c1ccc(-n2cnnn2)cc1. The minimum Gasteiger partial charge on any atom is -0.491 e. The summed E-state index contributed by atoms with van der Waals surface area (Å²) in [6, 6.07) is 25.0. The third-order valence-electron chi connectivity index (χ3n) is 4.36. The quantitative estimate of drug-likeness (QED) is 0.494. The number of hydrogen-bond acceptors (Lipinski definition) is 5. The maximum absolute atomic E-state index is 12.3. The van der Waals surface area contributed by atoms with E-state index in [-0.39, 0.29) is 5.91 Å². The molecule has 1 aromatic heterocycles. The van der Waals surface area contributed by atoms with E-state index in [1.165, 1.54) is 11.0 Å². The van der Waals surface area contributed by atoms with E-state index in [0.29, 0.717) is 18.7 Å². The van der Waals surface area contributed by atoms with Gasteiger partial charge in [-0.2, -0.15) is 0 Å². The smallest absolute Gasteiger partial charge is 0.251 e. The van der Waals surface area contributed by atoms with Crippen molar-refractivity contribution in [2.45, 2.75) is 0 Å². The molecular weight excluding hydrogens is 366 g/mol. The van der Waals surface area contributed by atoms with E-state index in [1.54, 1.807) is 24.3 Å². The van der Waals surface area contributed by atoms with Crippen LogP contribution in [0.1, 0.15) is 10.4 Å². The molecule has 0 unspecified atom stereocenters. The van der Waals surface area contributed by atoms with Crippen molar-refractivity contribution in [1.29, 1.82) is 0 Å². The van der Waals surface area contributed by atoms with Crippen LogP contribution in [0.2, 0.25) is 0 Å². The first kappa shape index (κ1) is 18.4. The van der Waals surface area contributed by atoms with Crippen molar-refractivity contribution < 1.29 is 9.53 Å². The largest absolute Gasteiger partial charge is 0.491 e. The van der Waals surface area contributed by atoms with E-state index in [2.05, 4.69) is 20.8 Å². The molecule has 0 aliphatic rings. The molecule has 0 bridgehead atoms. The molecule has 3 aromatic carbocycles. The topological polar surface area (TPSA) is 81.9 Å². The first-order chi connectivity index (χ1) is 14.3. The first-order valence-electron chi connectivity index (χ1n) is 9.20. The third kappa shape index (κ3) is 4.47. The standard InChI is InChI=1S/C22H19N5O2/c28-22(18-10-12-19(13-11-18)27-16-24-25-26-27)23-14-15-29-21-9-5-4-8-20(21)17-6-2-1-3-7-17/h1-13,16H,14-15H2,(H,23,28). The average Bonchev–Trinajstić information content (AvgIpc) is 3.33. The monoisotopic (exact) mass is 385 g/mol. The molecule has 0 saturated heterocycles. The van der Waals surface area contributed by atoms with E-state index in [0.717, 1.165) is 22.6 Å². The lowest BCUT2D eigenvalue weighted by Crippen LogP contribution is -2.28. The zero-order valence-corrected chi connectivity index (χ0v) is 15.6. The van der Waals surface area contributed by atoms with Crippen LogP contribution in [0.4, 0.5) is 0 Å². The fourth-order valence-electron chi connectivity index (χ4n) is 2.92. The molecule has 0 saturated carbocycles. The van der Waals surface area contributed by atoms with Gasteiger partial charge in [0.1, 0.15) is 18.7 Å². The lowest BCUT2D eigenvalue weighted by molar-refractivity contribution is 0.0947. The Balaban J connectivity index is 1.32. The Kier molecular flexibility index (Phi) is 5.57. The fourth-order valence-corrected chi connectivity index (χ4v) is 2.92. The minimum atomic E-state index is -0.159. The Bertz CT molecular complexity index is 1060. The zero-order chi connectivity index (χ0) is 19.9. The molecule has 0 spiro atoms. The van der Waals surface area contributed by atoms with Gasteiger partial charge in [-0.25, -0.2) is 4.68 Å². The van der Waals surface area contributed by atoms with Crippen LogP contribution < -0.4 is 10.1 Å². The molecule has 0 aliphatic heterocycles. The summed E-state index contributed by atoms with van der Waals surface area (Å²) < 4.78 is 7.43. The predicted octanol–water partition coefficient (Wildman–Crippen LogP) is 3.14. The van der Waals surface area contributed by atoms with Crippen LogP contribution in [-0.4, -0.2) is 39.3 Å². The molecule has 1 amide bonds. The van der Waals surface area contributed by atoms with Crippen molar-refractivity contribution in [3.63, 3.8) is 0 Å². The molecule has 144 valence electrons. The van der Waals surface area contributed by atoms with E-state index in [9.17, 15) is 4.79 Å². The molecule has 1 heterocycles. The maximum Gasteiger partial charge on any atom is 0.251 e. The van der Waals surface area contributed by atoms with E-state index in [1.807, 2.05) is 54.6 Å². The second kappa shape index (κ2) is 8.79. The van der Waals surface area contributed by atoms with Crippen molar-refractivity contribution in [2.24, 2.45) is 0 Å². The van der Waals surface area contributed by atoms with E-state index in [4.69, 9.17) is 4.74 Å². The molecule has 7 nitrogen and oxygen atoms in total. The van der Waals surface area contributed by atoms with Gasteiger partial charge in [0.2, 0.25) is 0 Å². The molecule has 4 aromatic rings. The number of hydrogen-bond donors (Lipinski definition) is 1. The molecule has 0 radical (unpaired) electrons. The molecule has 0 aliphatic carbocycles. The molecule has 0 fully saturated rings. The van der Waals surface area contributed by atoms with Gasteiger partial charge in [0.25, 0.3) is 5.91 Å². The second-order valence-electron chi connectivity index (χ2n) is 6.27. The molecule has 29 heavy (non-hydrogen) atoms. The minimum absolute atomic E-state index is 0.159. The van der Waals surface area contributed by atoms with E-state index >= 15 is 0 Å². The average molecular weight is 385 g/mol. The number of aromatic nitrogens is 4. The van der Waals surface area contributed by atoms with Crippen molar-refractivity contribution >= 4 is 5.91 Å². The summed E-state index contributed by atoms with van der Waals surface area (Å²) in [7, 11) is 0. The molecule has 0 atom stereocenters. The Labute approximate surface area is 168 Å². The number of benzene rings is 3. The van der Waals surface area contributed by atoms with E-state index < -0.39 is 0 Å². The van der Waals surface area contributed by atoms with Crippen LogP contribution >= 0.6 is 0 Å². The number of rotatable bonds is 7. The number of carbonyl (C=O) groups is 1. The summed E-state index contributed by atoms with van der Waals surface area (Å²) in [6.45, 7) is 0.773. The number of ether oxygens (including phenoxy) is 1. The number of tetrazole rings is 1. The summed E-state index contributed by atoms with van der Waals surface area (Å²) in [6.07, 6.45) is 1.50. The van der Waals surface area contributed by atoms with Gasteiger partial charge in [0.05, 0.1) is 12.2 Å². The second-order valence-corrected chi connectivity index (χ2v) is 6.27. The highest BCUT2D eigenvalue weighted by atomic mass is 16.5. The summed E-state index contributed by atoms with van der Waals surface area (Å²) in [5.41, 5.74) is 3.46. The Morgan fingerprint density at radius 2 is 1.69 bits per heavy atom. The summed E-state index contributed by atoms with van der Waals surface area (Å²) in [4.78, 5) is 12.3. The first-order valence-corrected chi connectivity index (χ1v) is 9.20. The molecule has 1 N–H and O–H groups in total. The van der Waals surface area contributed by atoms with Crippen LogP contribution in [0.3, 0.4) is 0 Å². The summed E-state index contributed by atoms with van der Waals surface area (Å²) >= 11 is 0. The fraction of sp³-hybridized carbons (Fsp3) is 0.0909. The Hall–Kier alpha value is -4.00. The van der Waals surface area contributed by atoms with Crippen LogP contribution in [0.5, 0.6) is 5.75 Å². The number of para-hydroxylation sites is 1. The van der Waals surface area contributed by atoms with Gasteiger partial charge in [-0.15, -0.1) is 5.10 Å². The van der Waals surface area contributed by atoms with Gasteiger partial charge in [-0.3, -0.25) is 4.79 Å². The van der Waals surface area contributed by atoms with Crippen molar-refractivity contribution in [3.8, 4) is 22.6 Å². The van der Waals surface area contributed by atoms with Gasteiger partial charge < -0.3 is 10.1 Å². The Morgan fingerprint density at radius 3 is 2.45 bits per heavy atom. The van der Waals surface area contributed by atoms with Crippen LogP contribution in [0.25, 0.3) is 16.8 Å². The summed E-state index contributed by atoms with van der Waals surface area (Å²) in [5, 5.41) is 13.9. The van der Waals surface area contributed by atoms with Crippen LogP contribution in [0.15, 0.2) is 85.2 Å². The predicted molar refractivity (Wildman–Crippen MR) is 109 cm³/mol. The molecular formula is C22H19N5O2. The van der Waals surface area contributed by atoms with Gasteiger partial charge in [-0.1, -0.05) is 48.5 Å². The van der Waals surface area contributed by atoms with Crippen LogP contribution in [-0.2, 0) is 0 Å². The van der Waals surface area contributed by atoms with Gasteiger partial charge in [0.15, 0.2) is 0 Å². The van der Waals surface area contributed by atoms with Gasteiger partial charge >= 0.3 is 0 Å². The van der Waals surface area contributed by atoms with Gasteiger partial charge in [-0.05, 0) is 46.3 Å². The third-order valence-corrected chi connectivity index (χ3v) is 4.36. The number of amides is 1. The maximum atomic E-state index is 12.3. The number of nitrogens with zero attached hydrogens (tertiary/aromatic N) is 4. The van der Waals surface area contributed by atoms with Crippen molar-refractivity contribution in [1.82, 2.24) is 25.5 Å². The Morgan fingerprint density at radius 1 is 0.931 bits per heavy atom.